The molecule has 30 heavy (non-hydrogen) atoms. The molecule has 0 aliphatic heterocycles. The second-order valence-electron chi connectivity index (χ2n) is 8.17. The molecule has 0 amide bonds. The summed E-state index contributed by atoms with van der Waals surface area (Å²) in [6.45, 7) is 2.16. The highest BCUT2D eigenvalue weighted by Crippen LogP contribution is 2.44. The number of fused-ring (bicyclic) bond motifs is 1. The van der Waals surface area contributed by atoms with Crippen molar-refractivity contribution in [3.05, 3.63) is 74.1 Å². The summed E-state index contributed by atoms with van der Waals surface area (Å²) in [6, 6.07) is 14.1. The summed E-state index contributed by atoms with van der Waals surface area (Å²) < 4.78 is 7.38. The lowest BCUT2D eigenvalue weighted by Gasteiger charge is -2.44. The quantitative estimate of drug-likeness (QED) is 0.466. The van der Waals surface area contributed by atoms with E-state index in [1.54, 1.807) is 12.3 Å². The summed E-state index contributed by atoms with van der Waals surface area (Å²) in [5, 5.41) is 1.86. The van der Waals surface area contributed by atoms with Gasteiger partial charge in [-0.05, 0) is 73.4 Å². The zero-order valence-electron chi connectivity index (χ0n) is 17.0. The van der Waals surface area contributed by atoms with Crippen LogP contribution in [0.2, 0.25) is 5.02 Å². The number of ether oxygens (including phenoxy) is 1. The fourth-order valence-corrected chi connectivity index (χ4v) is 5.20. The molecule has 1 aromatic heterocycles. The highest BCUT2D eigenvalue weighted by Gasteiger charge is 2.41. The molecular weight excluding hydrogens is 464 g/mol. The number of nitrogens with one attached hydrogen (secondary N) is 1. The third-order valence-electron chi connectivity index (χ3n) is 6.51. The van der Waals surface area contributed by atoms with Gasteiger partial charge >= 0.3 is 0 Å². The van der Waals surface area contributed by atoms with Crippen molar-refractivity contribution in [1.29, 1.82) is 0 Å². The highest BCUT2D eigenvalue weighted by atomic mass is 79.9. The first-order valence-electron chi connectivity index (χ1n) is 10.4. The third kappa shape index (κ3) is 4.03. The molecule has 3 aromatic rings. The van der Waals surface area contributed by atoms with Gasteiger partial charge in [0.25, 0.3) is 5.56 Å². The van der Waals surface area contributed by atoms with Crippen molar-refractivity contribution in [3.63, 3.8) is 0 Å². The summed E-state index contributed by atoms with van der Waals surface area (Å²) in [5.74, 6) is 0.635. The molecule has 0 unspecified atom stereocenters. The Kier molecular flexibility index (Phi) is 6.24. The summed E-state index contributed by atoms with van der Waals surface area (Å²) in [6.07, 6.45) is 6.42. The minimum absolute atomic E-state index is 0.0320. The molecule has 4 nitrogen and oxygen atoms in total. The molecule has 1 saturated carbocycles. The van der Waals surface area contributed by atoms with Gasteiger partial charge in [0.15, 0.2) is 0 Å². The van der Waals surface area contributed by atoms with E-state index < -0.39 is 0 Å². The monoisotopic (exact) mass is 488 g/mol. The molecule has 1 aliphatic carbocycles. The largest absolute Gasteiger partial charge is 0.489 e. The van der Waals surface area contributed by atoms with Crippen LogP contribution in [0, 0.1) is 0 Å². The molecule has 1 fully saturated rings. The van der Waals surface area contributed by atoms with E-state index in [-0.39, 0.29) is 23.1 Å². The van der Waals surface area contributed by atoms with Crippen LogP contribution < -0.4 is 16.0 Å². The first-order valence-corrected chi connectivity index (χ1v) is 11.6. The second kappa shape index (κ2) is 8.74. The van der Waals surface area contributed by atoms with Crippen molar-refractivity contribution in [1.82, 2.24) is 4.98 Å². The summed E-state index contributed by atoms with van der Waals surface area (Å²) in [4.78, 5) is 14.7. The number of halogens is 2. The molecule has 0 saturated heterocycles. The van der Waals surface area contributed by atoms with Crippen LogP contribution in [0.4, 0.5) is 0 Å². The number of hydrogen-bond donors (Lipinski definition) is 2. The molecule has 3 N–H and O–H groups in total. The maximum absolute atomic E-state index is 12.0. The van der Waals surface area contributed by atoms with Crippen LogP contribution in [0.15, 0.2) is 57.9 Å². The number of rotatable bonds is 5. The maximum Gasteiger partial charge on any atom is 0.255 e. The van der Waals surface area contributed by atoms with Crippen LogP contribution in [0.25, 0.3) is 10.8 Å². The first-order chi connectivity index (χ1) is 14.4. The molecule has 1 aliphatic rings. The fourth-order valence-electron chi connectivity index (χ4n) is 4.73. The Balaban J connectivity index is 1.55. The van der Waals surface area contributed by atoms with Crippen LogP contribution in [-0.2, 0) is 5.41 Å². The van der Waals surface area contributed by atoms with Crippen molar-refractivity contribution in [3.8, 4) is 5.75 Å². The number of benzene rings is 2. The Labute approximate surface area is 189 Å². The maximum atomic E-state index is 12.0. The van der Waals surface area contributed by atoms with Gasteiger partial charge in [-0.25, -0.2) is 0 Å². The van der Waals surface area contributed by atoms with Crippen LogP contribution in [0.5, 0.6) is 5.75 Å². The minimum Gasteiger partial charge on any atom is -0.489 e. The predicted molar refractivity (Wildman–Crippen MR) is 127 cm³/mol. The lowest BCUT2D eigenvalue weighted by molar-refractivity contribution is 0.104. The van der Waals surface area contributed by atoms with Crippen molar-refractivity contribution in [2.24, 2.45) is 5.73 Å². The molecule has 158 valence electrons. The number of H-pyrrole nitrogens is 1. The van der Waals surface area contributed by atoms with Gasteiger partial charge in [-0.1, -0.05) is 46.6 Å². The summed E-state index contributed by atoms with van der Waals surface area (Å²) in [7, 11) is 0. The lowest BCUT2D eigenvalue weighted by Crippen LogP contribution is -2.48. The van der Waals surface area contributed by atoms with Gasteiger partial charge in [0, 0.05) is 27.5 Å². The van der Waals surface area contributed by atoms with Crippen molar-refractivity contribution in [2.75, 3.05) is 0 Å². The minimum atomic E-state index is -0.147. The molecule has 2 aromatic carbocycles. The first kappa shape index (κ1) is 21.4. The average molecular weight is 490 g/mol. The smallest absolute Gasteiger partial charge is 0.255 e. The van der Waals surface area contributed by atoms with E-state index in [1.807, 2.05) is 12.1 Å². The number of hydrogen-bond acceptors (Lipinski definition) is 3. The molecule has 0 radical (unpaired) electrons. The van der Waals surface area contributed by atoms with Crippen LogP contribution in [-0.4, -0.2) is 17.1 Å². The summed E-state index contributed by atoms with van der Waals surface area (Å²) >= 11 is 9.96. The Bertz CT molecular complexity index is 1090. The number of aromatic nitrogens is 1. The van der Waals surface area contributed by atoms with E-state index in [9.17, 15) is 4.79 Å². The van der Waals surface area contributed by atoms with E-state index >= 15 is 0 Å². The van der Waals surface area contributed by atoms with Gasteiger partial charge in [0.1, 0.15) is 5.75 Å². The normalized spacial score (nSPS) is 22.7. The van der Waals surface area contributed by atoms with E-state index in [0.717, 1.165) is 42.0 Å². The van der Waals surface area contributed by atoms with Crippen LogP contribution >= 0.6 is 27.5 Å². The highest BCUT2D eigenvalue weighted by molar-refractivity contribution is 9.10. The molecule has 6 heteroatoms. The van der Waals surface area contributed by atoms with Gasteiger partial charge in [0.2, 0.25) is 0 Å². The van der Waals surface area contributed by atoms with Crippen molar-refractivity contribution in [2.45, 2.75) is 56.6 Å². The number of pyridine rings is 1. The Morgan fingerprint density at radius 3 is 2.60 bits per heavy atom. The van der Waals surface area contributed by atoms with Gasteiger partial charge in [-0.2, -0.15) is 0 Å². The number of aromatic amines is 1. The van der Waals surface area contributed by atoms with Gasteiger partial charge in [0.05, 0.1) is 11.1 Å². The average Bonchev–Trinajstić information content (AvgIpc) is 2.76. The zero-order valence-corrected chi connectivity index (χ0v) is 19.3. The predicted octanol–water partition coefficient (Wildman–Crippen LogP) is 5.94. The van der Waals surface area contributed by atoms with Gasteiger partial charge in [-0.3, -0.25) is 4.79 Å². The van der Waals surface area contributed by atoms with Crippen LogP contribution in [0.1, 0.15) is 44.6 Å². The molecule has 1 heterocycles. The van der Waals surface area contributed by atoms with Crippen LogP contribution in [0.3, 0.4) is 0 Å². The van der Waals surface area contributed by atoms with E-state index in [4.69, 9.17) is 22.1 Å². The molecule has 1 atom stereocenters. The van der Waals surface area contributed by atoms with Crippen molar-refractivity contribution < 1.29 is 4.74 Å². The zero-order chi connectivity index (χ0) is 21.3. The Morgan fingerprint density at radius 1 is 1.23 bits per heavy atom. The standard InChI is InChI=1S/C24H26BrClN2O2/c1-2-22(27)24(16-3-5-17(25)6-4-16)10-7-18(8-11-24)30-21-13-15-9-12-28-23(29)19(15)14-20(21)26/h3-6,9,12-14,18,22H,2,7-8,10-11,27H2,1H3,(H,28,29)/t18?,22-,24?/m1/s1. The van der Waals surface area contributed by atoms with E-state index in [0.29, 0.717) is 16.2 Å². The Hall–Kier alpha value is -1.82. The molecule has 0 spiro atoms. The Morgan fingerprint density at radius 2 is 1.93 bits per heavy atom. The number of nitrogens with two attached hydrogens (primary N) is 1. The van der Waals surface area contributed by atoms with Gasteiger partial charge in [-0.15, -0.1) is 0 Å². The SMILES string of the molecule is CC[C@@H](N)C1(c2ccc(Br)cc2)CCC(Oc2cc3cc[nH]c(=O)c3cc2Cl)CC1. The molecule has 0 bridgehead atoms. The fraction of sp³-hybridized carbons (Fsp3) is 0.375. The molecule has 4 rings (SSSR count). The van der Waals surface area contributed by atoms with Crippen molar-refractivity contribution >= 4 is 38.3 Å². The lowest BCUT2D eigenvalue weighted by atomic mass is 9.64. The van der Waals surface area contributed by atoms with E-state index in [2.05, 4.69) is 52.1 Å². The van der Waals surface area contributed by atoms with Gasteiger partial charge < -0.3 is 15.5 Å². The topological polar surface area (TPSA) is 68.1 Å². The summed E-state index contributed by atoms with van der Waals surface area (Å²) in [5.41, 5.74) is 7.77. The molecular formula is C24H26BrClN2O2. The second-order valence-corrected chi connectivity index (χ2v) is 9.49. The van der Waals surface area contributed by atoms with E-state index in [1.165, 1.54) is 5.56 Å². The third-order valence-corrected chi connectivity index (χ3v) is 7.34.